The summed E-state index contributed by atoms with van der Waals surface area (Å²) in [6, 6.07) is 22.1. The molecule has 0 unspecified atom stereocenters. The molecular formula is C22H23N3O. The third-order valence-electron chi connectivity index (χ3n) is 4.25. The lowest BCUT2D eigenvalue weighted by atomic mass is 10.1. The predicted molar refractivity (Wildman–Crippen MR) is 105 cm³/mol. The minimum Gasteiger partial charge on any atom is -0.370 e. The maximum atomic E-state index is 12.4. The highest BCUT2D eigenvalue weighted by atomic mass is 16.1. The lowest BCUT2D eigenvalue weighted by Gasteiger charge is -2.19. The highest BCUT2D eigenvalue weighted by Crippen LogP contribution is 2.16. The van der Waals surface area contributed by atoms with E-state index in [1.165, 1.54) is 11.1 Å². The van der Waals surface area contributed by atoms with E-state index in [1.807, 2.05) is 68.6 Å². The van der Waals surface area contributed by atoms with Gasteiger partial charge in [0.05, 0.1) is 0 Å². The smallest absolute Gasteiger partial charge is 0.270 e. The summed E-state index contributed by atoms with van der Waals surface area (Å²) in [6.07, 6.45) is 1.68. The molecule has 3 aromatic rings. The summed E-state index contributed by atoms with van der Waals surface area (Å²) in [5, 5.41) is 2.93. The van der Waals surface area contributed by atoms with Crippen LogP contribution in [0.3, 0.4) is 0 Å². The number of nitrogens with zero attached hydrogens (tertiary/aromatic N) is 2. The monoisotopic (exact) mass is 345 g/mol. The van der Waals surface area contributed by atoms with Gasteiger partial charge in [0.25, 0.3) is 5.91 Å². The lowest BCUT2D eigenvalue weighted by molar-refractivity contribution is 0.0946. The van der Waals surface area contributed by atoms with Crippen LogP contribution in [0.1, 0.15) is 27.2 Å². The van der Waals surface area contributed by atoms with Gasteiger partial charge in [-0.1, -0.05) is 60.2 Å². The third kappa shape index (κ3) is 4.70. The van der Waals surface area contributed by atoms with Crippen molar-refractivity contribution < 1.29 is 4.79 Å². The van der Waals surface area contributed by atoms with E-state index in [4.69, 9.17) is 0 Å². The second-order valence-corrected chi connectivity index (χ2v) is 6.41. The molecular weight excluding hydrogens is 322 g/mol. The van der Waals surface area contributed by atoms with Gasteiger partial charge in [-0.25, -0.2) is 0 Å². The molecule has 0 aliphatic rings. The molecule has 0 fully saturated rings. The Morgan fingerprint density at radius 2 is 1.73 bits per heavy atom. The van der Waals surface area contributed by atoms with Gasteiger partial charge in [0.2, 0.25) is 0 Å². The van der Waals surface area contributed by atoms with E-state index in [-0.39, 0.29) is 5.91 Å². The molecule has 0 saturated carbocycles. The quantitative estimate of drug-likeness (QED) is 0.735. The molecule has 1 aromatic heterocycles. The normalized spacial score (nSPS) is 10.4. The average molecular weight is 345 g/mol. The van der Waals surface area contributed by atoms with Crippen LogP contribution in [0.5, 0.6) is 0 Å². The number of carbonyl (C=O) groups excluding carboxylic acids is 1. The fraction of sp³-hybridized carbons (Fsp3) is 0.182. The first kappa shape index (κ1) is 17.7. The minimum absolute atomic E-state index is 0.166. The Morgan fingerprint density at radius 1 is 1.00 bits per heavy atom. The van der Waals surface area contributed by atoms with E-state index >= 15 is 0 Å². The number of carbonyl (C=O) groups is 1. The Balaban J connectivity index is 1.64. The first-order chi connectivity index (χ1) is 12.6. The summed E-state index contributed by atoms with van der Waals surface area (Å²) in [5.41, 5.74) is 4.88. The van der Waals surface area contributed by atoms with Crippen LogP contribution in [0.4, 0.5) is 5.69 Å². The summed E-state index contributed by atoms with van der Waals surface area (Å²) in [6.45, 7) is 3.31. The first-order valence-corrected chi connectivity index (χ1v) is 8.67. The molecule has 4 nitrogen and oxygen atoms in total. The second-order valence-electron chi connectivity index (χ2n) is 6.41. The van der Waals surface area contributed by atoms with Crippen molar-refractivity contribution in [3.63, 3.8) is 0 Å². The summed E-state index contributed by atoms with van der Waals surface area (Å²) in [4.78, 5) is 18.7. The molecule has 1 N–H and O–H groups in total. The van der Waals surface area contributed by atoms with E-state index < -0.39 is 0 Å². The van der Waals surface area contributed by atoms with Gasteiger partial charge < -0.3 is 10.2 Å². The van der Waals surface area contributed by atoms with Gasteiger partial charge in [0.15, 0.2) is 0 Å². The average Bonchev–Trinajstić information content (AvgIpc) is 2.68. The van der Waals surface area contributed by atoms with E-state index in [0.29, 0.717) is 12.2 Å². The molecule has 0 spiro atoms. The number of hydrogen-bond donors (Lipinski definition) is 1. The molecule has 132 valence electrons. The van der Waals surface area contributed by atoms with E-state index in [2.05, 4.69) is 27.3 Å². The van der Waals surface area contributed by atoms with E-state index in [1.54, 1.807) is 6.20 Å². The molecule has 0 saturated heterocycles. The van der Waals surface area contributed by atoms with Crippen LogP contribution in [0.15, 0.2) is 72.9 Å². The molecule has 1 amide bonds. The van der Waals surface area contributed by atoms with Crippen LogP contribution in [-0.2, 0) is 13.1 Å². The van der Waals surface area contributed by atoms with E-state index in [0.717, 1.165) is 17.8 Å². The van der Waals surface area contributed by atoms with Crippen LogP contribution >= 0.6 is 0 Å². The number of benzene rings is 2. The van der Waals surface area contributed by atoms with Crippen LogP contribution in [0.2, 0.25) is 0 Å². The van der Waals surface area contributed by atoms with Crippen LogP contribution in [-0.4, -0.2) is 17.9 Å². The van der Waals surface area contributed by atoms with Crippen molar-refractivity contribution in [2.75, 3.05) is 11.9 Å². The minimum atomic E-state index is -0.166. The zero-order valence-corrected chi connectivity index (χ0v) is 15.1. The molecule has 0 aliphatic carbocycles. The van der Waals surface area contributed by atoms with Gasteiger partial charge in [-0.15, -0.1) is 0 Å². The highest BCUT2D eigenvalue weighted by Gasteiger charge is 2.10. The van der Waals surface area contributed by atoms with Gasteiger partial charge in [-0.05, 0) is 30.2 Å². The van der Waals surface area contributed by atoms with Gasteiger partial charge in [-0.3, -0.25) is 9.78 Å². The number of aromatic nitrogens is 1. The van der Waals surface area contributed by atoms with E-state index in [9.17, 15) is 4.79 Å². The van der Waals surface area contributed by atoms with Crippen LogP contribution < -0.4 is 10.2 Å². The van der Waals surface area contributed by atoms with Crippen molar-refractivity contribution in [2.45, 2.75) is 20.0 Å². The molecule has 4 heteroatoms. The Hall–Kier alpha value is -3.14. The third-order valence-corrected chi connectivity index (χ3v) is 4.25. The maximum absolute atomic E-state index is 12.4. The molecule has 3 rings (SSSR count). The van der Waals surface area contributed by atoms with Crippen molar-refractivity contribution in [3.8, 4) is 0 Å². The number of amides is 1. The van der Waals surface area contributed by atoms with Crippen LogP contribution in [0.25, 0.3) is 0 Å². The lowest BCUT2D eigenvalue weighted by Crippen LogP contribution is -2.24. The topological polar surface area (TPSA) is 45.2 Å². The molecule has 0 radical (unpaired) electrons. The number of aryl methyl sites for hydroxylation is 1. The van der Waals surface area contributed by atoms with Crippen molar-refractivity contribution in [1.29, 1.82) is 0 Å². The fourth-order valence-electron chi connectivity index (χ4n) is 2.71. The molecule has 0 aliphatic heterocycles. The molecule has 0 bridgehead atoms. The SMILES string of the molecule is Cc1ccc(CNC(=O)c2cc(N(C)Cc3ccccc3)ccn2)cc1. The standard InChI is InChI=1S/C22H23N3O/c1-17-8-10-18(11-9-17)15-24-22(26)21-14-20(12-13-23-21)25(2)16-19-6-4-3-5-7-19/h3-14H,15-16H2,1-2H3,(H,24,26). The van der Waals surface area contributed by atoms with Gasteiger partial charge >= 0.3 is 0 Å². The summed E-state index contributed by atoms with van der Waals surface area (Å²) < 4.78 is 0. The largest absolute Gasteiger partial charge is 0.370 e. The van der Waals surface area contributed by atoms with Gasteiger partial charge in [-0.2, -0.15) is 0 Å². The fourth-order valence-corrected chi connectivity index (χ4v) is 2.71. The Labute approximate surface area is 154 Å². The van der Waals surface area contributed by atoms with Crippen molar-refractivity contribution in [3.05, 3.63) is 95.3 Å². The number of nitrogens with one attached hydrogen (secondary N) is 1. The maximum Gasteiger partial charge on any atom is 0.270 e. The summed E-state index contributed by atoms with van der Waals surface area (Å²) in [5.74, 6) is -0.166. The number of rotatable bonds is 6. The Kier molecular flexibility index (Phi) is 5.64. The van der Waals surface area contributed by atoms with Crippen molar-refractivity contribution in [2.24, 2.45) is 0 Å². The number of anilines is 1. The Morgan fingerprint density at radius 3 is 2.46 bits per heavy atom. The first-order valence-electron chi connectivity index (χ1n) is 8.67. The van der Waals surface area contributed by atoms with Gasteiger partial charge in [0.1, 0.15) is 5.69 Å². The van der Waals surface area contributed by atoms with Gasteiger partial charge in [0, 0.05) is 32.0 Å². The Bertz CT molecular complexity index is 860. The zero-order chi connectivity index (χ0) is 18.4. The van der Waals surface area contributed by atoms with Crippen molar-refractivity contribution in [1.82, 2.24) is 10.3 Å². The van der Waals surface area contributed by atoms with Crippen LogP contribution in [0, 0.1) is 6.92 Å². The zero-order valence-electron chi connectivity index (χ0n) is 15.1. The number of pyridine rings is 1. The highest BCUT2D eigenvalue weighted by molar-refractivity contribution is 5.93. The summed E-state index contributed by atoms with van der Waals surface area (Å²) >= 11 is 0. The predicted octanol–water partition coefficient (Wildman–Crippen LogP) is 3.96. The van der Waals surface area contributed by atoms with Crippen molar-refractivity contribution >= 4 is 11.6 Å². The second kappa shape index (κ2) is 8.30. The number of hydrogen-bond acceptors (Lipinski definition) is 3. The molecule has 0 atom stereocenters. The molecule has 2 aromatic carbocycles. The summed E-state index contributed by atoms with van der Waals surface area (Å²) in [7, 11) is 2.01. The molecule has 26 heavy (non-hydrogen) atoms. The molecule has 1 heterocycles.